The maximum absolute atomic E-state index is 6.20. The maximum Gasteiger partial charge on any atom is 0.0640 e. The number of hydrogen-bond donors (Lipinski definition) is 1. The Morgan fingerprint density at radius 2 is 2.06 bits per heavy atom. The molecule has 0 saturated carbocycles. The van der Waals surface area contributed by atoms with Crippen molar-refractivity contribution in [2.24, 2.45) is 0 Å². The predicted molar refractivity (Wildman–Crippen MR) is 73.4 cm³/mol. The molecule has 0 radical (unpaired) electrons. The van der Waals surface area contributed by atoms with E-state index in [-0.39, 0.29) is 0 Å². The van der Waals surface area contributed by atoms with Gasteiger partial charge in [0.25, 0.3) is 0 Å². The average Bonchev–Trinajstić information content (AvgIpc) is 2.27. The predicted octanol–water partition coefficient (Wildman–Crippen LogP) is 5.03. The number of halogens is 1. The molecule has 1 nitrogen and oxygen atoms in total. The first kappa shape index (κ1) is 13.4. The van der Waals surface area contributed by atoms with Gasteiger partial charge >= 0.3 is 0 Å². The molecule has 1 atom stereocenters. The van der Waals surface area contributed by atoms with E-state index in [0.29, 0.717) is 6.04 Å². The van der Waals surface area contributed by atoms with Crippen LogP contribution in [0.3, 0.4) is 0 Å². The molecule has 0 saturated heterocycles. The van der Waals surface area contributed by atoms with E-state index in [1.165, 1.54) is 24.8 Å². The van der Waals surface area contributed by atoms with Gasteiger partial charge in [0, 0.05) is 6.04 Å². The molecule has 0 spiro atoms. The molecule has 90 valence electrons. The maximum atomic E-state index is 6.20. The molecule has 0 bridgehead atoms. The van der Waals surface area contributed by atoms with E-state index in [9.17, 15) is 0 Å². The van der Waals surface area contributed by atoms with Crippen molar-refractivity contribution >= 4 is 17.3 Å². The van der Waals surface area contributed by atoms with E-state index in [4.69, 9.17) is 11.6 Å². The Labute approximate surface area is 104 Å². The summed E-state index contributed by atoms with van der Waals surface area (Å²) in [5, 5.41) is 4.36. The lowest BCUT2D eigenvalue weighted by Crippen LogP contribution is -2.18. The largest absolute Gasteiger partial charge is 0.381 e. The van der Waals surface area contributed by atoms with Gasteiger partial charge in [-0.1, -0.05) is 44.4 Å². The van der Waals surface area contributed by atoms with Crippen molar-refractivity contribution in [3.8, 4) is 0 Å². The van der Waals surface area contributed by atoms with Crippen LogP contribution in [-0.4, -0.2) is 6.04 Å². The van der Waals surface area contributed by atoms with Crippen LogP contribution in [0.2, 0.25) is 5.02 Å². The summed E-state index contributed by atoms with van der Waals surface area (Å²) in [4.78, 5) is 0. The third kappa shape index (κ3) is 4.05. The van der Waals surface area contributed by atoms with E-state index < -0.39 is 0 Å². The van der Waals surface area contributed by atoms with E-state index >= 15 is 0 Å². The van der Waals surface area contributed by atoms with E-state index in [1.54, 1.807) is 0 Å². The van der Waals surface area contributed by atoms with Crippen LogP contribution in [0.1, 0.15) is 45.1 Å². The molecule has 0 aromatic heterocycles. The number of unbranched alkanes of at least 4 members (excludes halogenated alkanes) is 1. The van der Waals surface area contributed by atoms with Crippen molar-refractivity contribution in [2.45, 2.75) is 52.5 Å². The first-order valence-electron chi connectivity index (χ1n) is 6.20. The van der Waals surface area contributed by atoms with Crippen molar-refractivity contribution in [3.63, 3.8) is 0 Å². The number of aryl methyl sites for hydroxylation is 1. The van der Waals surface area contributed by atoms with Gasteiger partial charge in [-0.2, -0.15) is 0 Å². The molecule has 0 heterocycles. The van der Waals surface area contributed by atoms with Gasteiger partial charge in [-0.05, 0) is 37.5 Å². The van der Waals surface area contributed by atoms with Gasteiger partial charge in [-0.15, -0.1) is 0 Å². The summed E-state index contributed by atoms with van der Waals surface area (Å²) in [6.45, 7) is 6.51. The monoisotopic (exact) mass is 239 g/mol. The normalized spacial score (nSPS) is 12.5. The van der Waals surface area contributed by atoms with Gasteiger partial charge < -0.3 is 5.32 Å². The van der Waals surface area contributed by atoms with Gasteiger partial charge in [0.1, 0.15) is 0 Å². The number of nitrogens with one attached hydrogen (secondary N) is 1. The summed E-state index contributed by atoms with van der Waals surface area (Å²) in [7, 11) is 0. The molecule has 1 rings (SSSR count). The summed E-state index contributed by atoms with van der Waals surface area (Å²) in [6, 6.07) is 6.73. The van der Waals surface area contributed by atoms with Gasteiger partial charge in [0.15, 0.2) is 0 Å². The molecular weight excluding hydrogens is 218 g/mol. The summed E-state index contributed by atoms with van der Waals surface area (Å²) in [5.74, 6) is 0. The topological polar surface area (TPSA) is 12.0 Å². The Kier molecular flexibility index (Phi) is 5.68. The van der Waals surface area contributed by atoms with Gasteiger partial charge in [0.05, 0.1) is 10.7 Å². The highest BCUT2D eigenvalue weighted by Gasteiger charge is 2.07. The van der Waals surface area contributed by atoms with Crippen molar-refractivity contribution < 1.29 is 0 Å². The average molecular weight is 240 g/mol. The first-order chi connectivity index (χ1) is 7.67. The fourth-order valence-electron chi connectivity index (χ4n) is 1.79. The first-order valence-corrected chi connectivity index (χ1v) is 6.57. The molecular formula is C14H22ClN. The van der Waals surface area contributed by atoms with Gasteiger partial charge in [-0.25, -0.2) is 0 Å². The molecule has 1 unspecified atom stereocenters. The van der Waals surface area contributed by atoms with Crippen molar-refractivity contribution in [2.75, 3.05) is 5.32 Å². The molecule has 0 aliphatic rings. The quantitative estimate of drug-likeness (QED) is 0.734. The molecule has 0 aliphatic heterocycles. The number of benzene rings is 1. The zero-order chi connectivity index (χ0) is 12.0. The standard InChI is InChI=1S/C14H22ClN/c1-4-6-7-12(5-2)16-14-9-8-11(3)10-13(14)15/h8-10,12,16H,4-7H2,1-3H3. The fraction of sp³-hybridized carbons (Fsp3) is 0.571. The molecule has 1 N–H and O–H groups in total. The smallest absolute Gasteiger partial charge is 0.0640 e. The minimum atomic E-state index is 0.542. The fourth-order valence-corrected chi connectivity index (χ4v) is 2.08. The number of anilines is 1. The Morgan fingerprint density at radius 3 is 2.62 bits per heavy atom. The molecule has 0 amide bonds. The van der Waals surface area contributed by atoms with E-state index in [1.807, 2.05) is 6.07 Å². The van der Waals surface area contributed by atoms with Gasteiger partial charge in [-0.3, -0.25) is 0 Å². The Balaban J connectivity index is 2.62. The van der Waals surface area contributed by atoms with Crippen LogP contribution >= 0.6 is 11.6 Å². The van der Waals surface area contributed by atoms with Crippen molar-refractivity contribution in [3.05, 3.63) is 28.8 Å². The lowest BCUT2D eigenvalue weighted by atomic mass is 10.1. The van der Waals surface area contributed by atoms with Crippen LogP contribution in [0, 0.1) is 6.92 Å². The van der Waals surface area contributed by atoms with Crippen LogP contribution < -0.4 is 5.32 Å². The Hall–Kier alpha value is -0.690. The second-order valence-electron chi connectivity index (χ2n) is 4.38. The van der Waals surface area contributed by atoms with Crippen LogP contribution in [-0.2, 0) is 0 Å². The highest BCUT2D eigenvalue weighted by molar-refractivity contribution is 6.33. The minimum Gasteiger partial charge on any atom is -0.381 e. The summed E-state index contributed by atoms with van der Waals surface area (Å²) < 4.78 is 0. The molecule has 0 aliphatic carbocycles. The molecule has 0 fully saturated rings. The van der Waals surface area contributed by atoms with Crippen LogP contribution in [0.4, 0.5) is 5.69 Å². The molecule has 16 heavy (non-hydrogen) atoms. The van der Waals surface area contributed by atoms with Crippen LogP contribution in [0.25, 0.3) is 0 Å². The minimum absolute atomic E-state index is 0.542. The number of rotatable bonds is 6. The molecule has 1 aromatic rings. The van der Waals surface area contributed by atoms with Crippen molar-refractivity contribution in [1.82, 2.24) is 0 Å². The number of hydrogen-bond acceptors (Lipinski definition) is 1. The Morgan fingerprint density at radius 1 is 1.31 bits per heavy atom. The Bertz CT molecular complexity index is 323. The van der Waals surface area contributed by atoms with Gasteiger partial charge in [0.2, 0.25) is 0 Å². The van der Waals surface area contributed by atoms with Crippen molar-refractivity contribution in [1.29, 1.82) is 0 Å². The lowest BCUT2D eigenvalue weighted by molar-refractivity contribution is 0.593. The third-order valence-corrected chi connectivity index (χ3v) is 3.20. The second-order valence-corrected chi connectivity index (χ2v) is 4.78. The highest BCUT2D eigenvalue weighted by Crippen LogP contribution is 2.24. The second kappa shape index (κ2) is 6.80. The molecule has 2 heteroatoms. The zero-order valence-electron chi connectivity index (χ0n) is 10.5. The van der Waals surface area contributed by atoms with Crippen LogP contribution in [0.5, 0.6) is 0 Å². The van der Waals surface area contributed by atoms with Crippen LogP contribution in [0.15, 0.2) is 18.2 Å². The lowest BCUT2D eigenvalue weighted by Gasteiger charge is -2.19. The summed E-state index contributed by atoms with van der Waals surface area (Å²) in [6.07, 6.45) is 4.89. The zero-order valence-corrected chi connectivity index (χ0v) is 11.3. The highest BCUT2D eigenvalue weighted by atomic mass is 35.5. The SMILES string of the molecule is CCCCC(CC)Nc1ccc(C)cc1Cl. The summed E-state index contributed by atoms with van der Waals surface area (Å²) >= 11 is 6.20. The summed E-state index contributed by atoms with van der Waals surface area (Å²) in [5.41, 5.74) is 2.27. The van der Waals surface area contributed by atoms with E-state index in [2.05, 4.69) is 38.2 Å². The molecule has 1 aromatic carbocycles. The van der Waals surface area contributed by atoms with E-state index in [0.717, 1.165) is 17.1 Å². The third-order valence-electron chi connectivity index (χ3n) is 2.88.